The molecule has 1 nitrogen and oxygen atoms in total. The van der Waals surface area contributed by atoms with E-state index in [4.69, 9.17) is 5.11 Å². The van der Waals surface area contributed by atoms with Crippen molar-refractivity contribution >= 4 is 0 Å². The van der Waals surface area contributed by atoms with Gasteiger partial charge in [0, 0.05) is 5.92 Å². The van der Waals surface area contributed by atoms with Crippen molar-refractivity contribution in [2.45, 2.75) is 18.8 Å². The first kappa shape index (κ1) is 10.1. The molecular formula is C10H12F2O. The van der Waals surface area contributed by atoms with E-state index < -0.39 is 18.4 Å². The molecule has 1 atom stereocenters. The van der Waals surface area contributed by atoms with E-state index in [1.54, 1.807) is 30.3 Å². The van der Waals surface area contributed by atoms with Gasteiger partial charge in [0.2, 0.25) is 0 Å². The Balaban J connectivity index is 2.85. The Labute approximate surface area is 76.0 Å². The molecule has 1 aromatic carbocycles. The van der Waals surface area contributed by atoms with Crippen molar-refractivity contribution in [2.24, 2.45) is 0 Å². The second-order valence-electron chi connectivity index (χ2n) is 3.05. The molecule has 1 unspecified atom stereocenters. The average molecular weight is 186 g/mol. The summed E-state index contributed by atoms with van der Waals surface area (Å²) in [6, 6.07) is 8.45. The molecule has 0 aliphatic rings. The number of halogens is 2. The lowest BCUT2D eigenvalue weighted by Gasteiger charge is -2.21. The highest BCUT2D eigenvalue weighted by Gasteiger charge is 2.36. The number of alkyl halides is 2. The molecule has 3 heteroatoms. The number of rotatable bonds is 3. The van der Waals surface area contributed by atoms with Crippen LogP contribution in [0.25, 0.3) is 0 Å². The van der Waals surface area contributed by atoms with E-state index >= 15 is 0 Å². The topological polar surface area (TPSA) is 20.2 Å². The van der Waals surface area contributed by atoms with E-state index in [1.165, 1.54) is 6.92 Å². The summed E-state index contributed by atoms with van der Waals surface area (Å²) in [7, 11) is 0. The minimum absolute atomic E-state index is 0.543. The average Bonchev–Trinajstić information content (AvgIpc) is 2.18. The van der Waals surface area contributed by atoms with Gasteiger partial charge in [0.25, 0.3) is 5.92 Å². The fourth-order valence-electron chi connectivity index (χ4n) is 1.12. The fraction of sp³-hybridized carbons (Fsp3) is 0.400. The van der Waals surface area contributed by atoms with Crippen LogP contribution < -0.4 is 0 Å². The van der Waals surface area contributed by atoms with Crippen LogP contribution in [0, 0.1) is 0 Å². The van der Waals surface area contributed by atoms with Crippen LogP contribution in [-0.2, 0) is 0 Å². The Bertz CT molecular complexity index is 259. The van der Waals surface area contributed by atoms with Crippen LogP contribution in [0.2, 0.25) is 0 Å². The summed E-state index contributed by atoms with van der Waals surface area (Å²) in [5.74, 6) is -3.99. The molecule has 13 heavy (non-hydrogen) atoms. The van der Waals surface area contributed by atoms with Crippen molar-refractivity contribution < 1.29 is 13.9 Å². The van der Waals surface area contributed by atoms with E-state index in [9.17, 15) is 8.78 Å². The molecule has 0 radical (unpaired) electrons. The smallest absolute Gasteiger partial charge is 0.277 e. The Morgan fingerprint density at radius 2 is 1.85 bits per heavy atom. The summed E-state index contributed by atoms with van der Waals surface area (Å²) < 4.78 is 26.0. The van der Waals surface area contributed by atoms with Gasteiger partial charge in [0.15, 0.2) is 0 Å². The summed E-state index contributed by atoms with van der Waals surface area (Å²) in [6.45, 7) is 0.300. The highest BCUT2D eigenvalue weighted by molar-refractivity contribution is 5.20. The minimum atomic E-state index is -3.04. The third-order valence-corrected chi connectivity index (χ3v) is 2.14. The van der Waals surface area contributed by atoms with Gasteiger partial charge in [-0.15, -0.1) is 0 Å². The second kappa shape index (κ2) is 3.83. The molecule has 0 spiro atoms. The first-order chi connectivity index (χ1) is 6.08. The summed E-state index contributed by atoms with van der Waals surface area (Å²) in [5.41, 5.74) is 0.543. The molecule has 0 aliphatic carbocycles. The van der Waals surface area contributed by atoms with E-state index in [2.05, 4.69) is 0 Å². The van der Waals surface area contributed by atoms with Gasteiger partial charge >= 0.3 is 0 Å². The van der Waals surface area contributed by atoms with Crippen LogP contribution >= 0.6 is 0 Å². The monoisotopic (exact) mass is 186 g/mol. The van der Waals surface area contributed by atoms with E-state index in [0.29, 0.717) is 5.56 Å². The summed E-state index contributed by atoms with van der Waals surface area (Å²) in [5, 5.41) is 8.48. The lowest BCUT2D eigenvalue weighted by Crippen LogP contribution is -2.28. The van der Waals surface area contributed by atoms with Crippen LogP contribution in [-0.4, -0.2) is 17.6 Å². The lowest BCUT2D eigenvalue weighted by atomic mass is 9.95. The van der Waals surface area contributed by atoms with E-state index in [0.717, 1.165) is 0 Å². The van der Waals surface area contributed by atoms with Crippen molar-refractivity contribution in [1.29, 1.82) is 0 Å². The van der Waals surface area contributed by atoms with Crippen molar-refractivity contribution in [2.75, 3.05) is 6.61 Å². The van der Waals surface area contributed by atoms with Gasteiger partial charge in [-0.05, 0) is 5.56 Å². The molecule has 1 aromatic rings. The third-order valence-electron chi connectivity index (χ3n) is 2.14. The number of aliphatic hydroxyl groups excluding tert-OH is 1. The number of aliphatic hydroxyl groups is 1. The fourth-order valence-corrected chi connectivity index (χ4v) is 1.12. The van der Waals surface area contributed by atoms with Crippen molar-refractivity contribution in [3.8, 4) is 0 Å². The van der Waals surface area contributed by atoms with Crippen molar-refractivity contribution in [1.82, 2.24) is 0 Å². The maximum Gasteiger partial charge on any atom is 0.277 e. The van der Waals surface area contributed by atoms with Gasteiger partial charge in [-0.3, -0.25) is 0 Å². The normalized spacial score (nSPS) is 14.2. The van der Waals surface area contributed by atoms with Crippen LogP contribution in [0.4, 0.5) is 8.78 Å². The van der Waals surface area contributed by atoms with Gasteiger partial charge in [-0.25, -0.2) is 8.78 Å². The minimum Gasteiger partial charge on any atom is -0.390 e. The molecule has 1 N–H and O–H groups in total. The Morgan fingerprint density at radius 3 is 2.31 bits per heavy atom. The van der Waals surface area contributed by atoms with E-state index in [1.807, 2.05) is 0 Å². The zero-order valence-electron chi connectivity index (χ0n) is 7.37. The lowest BCUT2D eigenvalue weighted by molar-refractivity contribution is -0.0681. The zero-order valence-corrected chi connectivity index (χ0v) is 7.37. The number of hydrogen-bond donors (Lipinski definition) is 1. The molecule has 0 aliphatic heterocycles. The molecule has 0 fully saturated rings. The third kappa shape index (κ3) is 2.25. The van der Waals surface area contributed by atoms with Crippen molar-refractivity contribution in [3.63, 3.8) is 0 Å². The van der Waals surface area contributed by atoms with Gasteiger partial charge in [0.1, 0.15) is 6.61 Å². The summed E-state index contributed by atoms with van der Waals surface area (Å²) >= 11 is 0. The van der Waals surface area contributed by atoms with Crippen LogP contribution in [0.3, 0.4) is 0 Å². The Kier molecular flexibility index (Phi) is 2.98. The molecule has 0 heterocycles. The second-order valence-corrected chi connectivity index (χ2v) is 3.05. The Morgan fingerprint density at radius 1 is 1.31 bits per heavy atom. The first-order valence-corrected chi connectivity index (χ1v) is 4.11. The van der Waals surface area contributed by atoms with Crippen LogP contribution in [0.5, 0.6) is 0 Å². The van der Waals surface area contributed by atoms with Crippen LogP contribution in [0.15, 0.2) is 30.3 Å². The molecular weight excluding hydrogens is 174 g/mol. The molecule has 1 rings (SSSR count). The van der Waals surface area contributed by atoms with Crippen molar-refractivity contribution in [3.05, 3.63) is 35.9 Å². The summed E-state index contributed by atoms with van der Waals surface area (Å²) in [4.78, 5) is 0. The van der Waals surface area contributed by atoms with Crippen LogP contribution in [0.1, 0.15) is 18.4 Å². The Hall–Kier alpha value is -0.960. The summed E-state index contributed by atoms with van der Waals surface area (Å²) in [6.07, 6.45) is 0. The first-order valence-electron chi connectivity index (χ1n) is 4.11. The SMILES string of the molecule is CC(c1ccccc1)C(F)(F)CO. The molecule has 0 bridgehead atoms. The quantitative estimate of drug-likeness (QED) is 0.768. The molecule has 0 saturated heterocycles. The highest BCUT2D eigenvalue weighted by Crippen LogP contribution is 2.32. The number of benzene rings is 1. The maximum atomic E-state index is 13.0. The predicted molar refractivity (Wildman–Crippen MR) is 46.9 cm³/mol. The zero-order chi connectivity index (χ0) is 9.90. The standard InChI is InChI=1S/C10H12F2O/c1-8(10(11,12)7-13)9-5-3-2-4-6-9/h2-6,8,13H,7H2,1H3. The maximum absolute atomic E-state index is 13.0. The van der Waals surface area contributed by atoms with Gasteiger partial charge < -0.3 is 5.11 Å². The molecule has 0 saturated carbocycles. The predicted octanol–water partition coefficient (Wildman–Crippen LogP) is 2.42. The molecule has 72 valence electrons. The number of hydrogen-bond acceptors (Lipinski definition) is 1. The van der Waals surface area contributed by atoms with Gasteiger partial charge in [0.05, 0.1) is 0 Å². The molecule has 0 amide bonds. The van der Waals surface area contributed by atoms with Gasteiger partial charge in [-0.1, -0.05) is 37.3 Å². The molecule has 0 aromatic heterocycles. The van der Waals surface area contributed by atoms with E-state index in [-0.39, 0.29) is 0 Å². The highest BCUT2D eigenvalue weighted by atomic mass is 19.3. The van der Waals surface area contributed by atoms with Gasteiger partial charge in [-0.2, -0.15) is 0 Å². The largest absolute Gasteiger partial charge is 0.390 e.